The number of methoxy groups -OCH3 is 2. The second kappa shape index (κ2) is 7.81. The molecule has 0 bridgehead atoms. The van der Waals surface area contributed by atoms with E-state index in [0.717, 1.165) is 0 Å². The predicted molar refractivity (Wildman–Crippen MR) is 76.9 cm³/mol. The van der Waals surface area contributed by atoms with Crippen molar-refractivity contribution in [1.82, 2.24) is 5.32 Å². The van der Waals surface area contributed by atoms with Gasteiger partial charge in [0.15, 0.2) is 0 Å². The van der Waals surface area contributed by atoms with Crippen molar-refractivity contribution in [2.24, 2.45) is 0 Å². The highest BCUT2D eigenvalue weighted by Gasteiger charge is 2.17. The molecule has 0 saturated carbocycles. The van der Waals surface area contributed by atoms with E-state index in [1.807, 2.05) is 0 Å². The number of alkyl halides is 1. The van der Waals surface area contributed by atoms with Gasteiger partial charge in [-0.05, 0) is 0 Å². The number of ether oxygens (including phenoxy) is 2. The van der Waals surface area contributed by atoms with Crippen LogP contribution in [0.1, 0.15) is 0 Å². The van der Waals surface area contributed by atoms with Crippen molar-refractivity contribution in [3.8, 4) is 11.5 Å². The van der Waals surface area contributed by atoms with Crippen molar-refractivity contribution in [1.29, 1.82) is 0 Å². The van der Waals surface area contributed by atoms with Crippen LogP contribution in [0.15, 0.2) is 12.1 Å². The Morgan fingerprint density at radius 3 is 2.35 bits per heavy atom. The van der Waals surface area contributed by atoms with Gasteiger partial charge in [-0.1, -0.05) is 11.6 Å². The molecule has 0 heterocycles. The van der Waals surface area contributed by atoms with Gasteiger partial charge in [0.1, 0.15) is 11.5 Å². The van der Waals surface area contributed by atoms with Gasteiger partial charge in [0.05, 0.1) is 24.9 Å². The van der Waals surface area contributed by atoms with E-state index in [0.29, 0.717) is 16.5 Å². The molecule has 0 aliphatic heterocycles. The molecule has 0 atom stereocenters. The maximum absolute atomic E-state index is 11.7. The van der Waals surface area contributed by atoms with Crippen LogP contribution in [0.2, 0.25) is 5.02 Å². The monoisotopic (exact) mass is 320 g/mol. The highest BCUT2D eigenvalue weighted by molar-refractivity contribution is 6.40. The molecule has 0 spiro atoms. The summed E-state index contributed by atoms with van der Waals surface area (Å²) in [5.74, 6) is -0.741. The van der Waals surface area contributed by atoms with Gasteiger partial charge in [0.2, 0.25) is 0 Å². The third-order valence-corrected chi connectivity index (χ3v) is 2.79. The molecule has 0 unspecified atom stereocenters. The van der Waals surface area contributed by atoms with Gasteiger partial charge in [-0.25, -0.2) is 0 Å². The molecule has 2 N–H and O–H groups in total. The zero-order valence-electron chi connectivity index (χ0n) is 11.0. The summed E-state index contributed by atoms with van der Waals surface area (Å²) in [4.78, 5) is 23.1. The van der Waals surface area contributed by atoms with Gasteiger partial charge in [-0.15, -0.1) is 11.6 Å². The quantitative estimate of drug-likeness (QED) is 0.639. The lowest BCUT2D eigenvalue weighted by molar-refractivity contribution is -0.136. The lowest BCUT2D eigenvalue weighted by atomic mass is 10.2. The van der Waals surface area contributed by atoms with Crippen LogP contribution in [0.25, 0.3) is 0 Å². The Labute approximate surface area is 126 Å². The fourth-order valence-electron chi connectivity index (χ4n) is 1.38. The predicted octanol–water partition coefficient (Wildman–Crippen LogP) is 1.65. The van der Waals surface area contributed by atoms with E-state index in [-0.39, 0.29) is 18.1 Å². The van der Waals surface area contributed by atoms with E-state index in [1.165, 1.54) is 26.4 Å². The molecule has 0 fully saturated rings. The molecule has 0 saturated heterocycles. The molecule has 0 radical (unpaired) electrons. The van der Waals surface area contributed by atoms with Gasteiger partial charge in [-0.3, -0.25) is 9.59 Å². The Kier molecular flexibility index (Phi) is 6.41. The molecule has 8 heteroatoms. The van der Waals surface area contributed by atoms with E-state index in [2.05, 4.69) is 10.6 Å². The zero-order chi connectivity index (χ0) is 15.1. The minimum absolute atomic E-state index is 0.203. The Balaban J connectivity index is 2.90. The molecule has 1 rings (SSSR count). The number of benzene rings is 1. The van der Waals surface area contributed by atoms with E-state index < -0.39 is 11.8 Å². The molecule has 6 nitrogen and oxygen atoms in total. The fraction of sp³-hybridized carbons (Fsp3) is 0.333. The van der Waals surface area contributed by atoms with Crippen LogP contribution in [0.4, 0.5) is 5.69 Å². The van der Waals surface area contributed by atoms with Crippen molar-refractivity contribution in [2.45, 2.75) is 0 Å². The summed E-state index contributed by atoms with van der Waals surface area (Å²) >= 11 is 11.4. The molecular formula is C12H14Cl2N2O4. The number of carbonyl (C=O) groups is 2. The van der Waals surface area contributed by atoms with Crippen molar-refractivity contribution < 1.29 is 19.1 Å². The molecule has 1 aromatic carbocycles. The molecular weight excluding hydrogens is 307 g/mol. The van der Waals surface area contributed by atoms with Crippen LogP contribution in [0.5, 0.6) is 11.5 Å². The molecule has 0 aliphatic carbocycles. The first-order chi connectivity index (χ1) is 9.53. The fourth-order valence-corrected chi connectivity index (χ4v) is 1.70. The Bertz CT molecular complexity index is 508. The number of carbonyl (C=O) groups excluding carboxylic acids is 2. The number of anilines is 1. The van der Waals surface area contributed by atoms with Crippen molar-refractivity contribution in [2.75, 3.05) is 32.0 Å². The van der Waals surface area contributed by atoms with Gasteiger partial charge in [-0.2, -0.15) is 0 Å². The Morgan fingerprint density at radius 1 is 1.15 bits per heavy atom. The van der Waals surface area contributed by atoms with Gasteiger partial charge >= 0.3 is 11.8 Å². The second-order valence-corrected chi connectivity index (χ2v) is 4.37. The van der Waals surface area contributed by atoms with Crippen molar-refractivity contribution in [3.05, 3.63) is 17.2 Å². The molecule has 1 aromatic rings. The summed E-state index contributed by atoms with van der Waals surface area (Å²) in [7, 11) is 2.85. The van der Waals surface area contributed by atoms with E-state index in [4.69, 9.17) is 32.7 Å². The van der Waals surface area contributed by atoms with Crippen molar-refractivity contribution in [3.63, 3.8) is 0 Å². The molecule has 0 aliphatic rings. The number of hydrogen-bond acceptors (Lipinski definition) is 4. The number of amides is 2. The van der Waals surface area contributed by atoms with Crippen molar-refractivity contribution >= 4 is 40.7 Å². The Hall–Kier alpha value is -1.66. The first kappa shape index (κ1) is 16.4. The maximum atomic E-state index is 11.7. The summed E-state index contributed by atoms with van der Waals surface area (Å²) < 4.78 is 10.1. The standard InChI is InChI=1S/C12H14Cl2N2O4/c1-19-9-6-8(10(20-2)5-7(9)14)16-12(18)11(17)15-4-3-13/h5-6H,3-4H2,1-2H3,(H,15,17)(H,16,18). The summed E-state index contributed by atoms with van der Waals surface area (Å²) in [5, 5.41) is 5.09. The lowest BCUT2D eigenvalue weighted by Crippen LogP contribution is -2.36. The zero-order valence-corrected chi connectivity index (χ0v) is 12.5. The van der Waals surface area contributed by atoms with Crippen LogP contribution in [-0.2, 0) is 9.59 Å². The van der Waals surface area contributed by atoms with Gasteiger partial charge < -0.3 is 20.1 Å². The third-order valence-electron chi connectivity index (χ3n) is 2.31. The van der Waals surface area contributed by atoms with Crippen LogP contribution in [0.3, 0.4) is 0 Å². The third kappa shape index (κ3) is 4.18. The van der Waals surface area contributed by atoms with Gasteiger partial charge in [0.25, 0.3) is 0 Å². The average molecular weight is 321 g/mol. The lowest BCUT2D eigenvalue weighted by Gasteiger charge is -2.12. The average Bonchev–Trinajstić information content (AvgIpc) is 2.45. The smallest absolute Gasteiger partial charge is 0.313 e. The molecule has 110 valence electrons. The molecule has 0 aromatic heterocycles. The summed E-state index contributed by atoms with van der Waals surface area (Å²) in [6, 6.07) is 2.95. The number of hydrogen-bond donors (Lipinski definition) is 2. The van der Waals surface area contributed by atoms with Crippen LogP contribution in [0, 0.1) is 0 Å². The summed E-state index contributed by atoms with van der Waals surface area (Å²) in [6.45, 7) is 0.203. The van der Waals surface area contributed by atoms with Crippen LogP contribution in [-0.4, -0.2) is 38.5 Å². The summed E-state index contributed by atoms with van der Waals surface area (Å²) in [6.07, 6.45) is 0. The normalized spacial score (nSPS) is 9.80. The molecule has 20 heavy (non-hydrogen) atoms. The highest BCUT2D eigenvalue weighted by atomic mass is 35.5. The number of nitrogens with one attached hydrogen (secondary N) is 2. The second-order valence-electron chi connectivity index (χ2n) is 3.59. The SMILES string of the molecule is COc1cc(NC(=O)C(=O)NCCCl)c(OC)cc1Cl. The van der Waals surface area contributed by atoms with Crippen LogP contribution >= 0.6 is 23.2 Å². The first-order valence-corrected chi connectivity index (χ1v) is 6.51. The topological polar surface area (TPSA) is 76.7 Å². The van der Waals surface area contributed by atoms with E-state index in [1.54, 1.807) is 0 Å². The summed E-state index contributed by atoms with van der Waals surface area (Å²) in [5.41, 5.74) is 0.278. The minimum atomic E-state index is -0.835. The maximum Gasteiger partial charge on any atom is 0.313 e. The first-order valence-electron chi connectivity index (χ1n) is 5.60. The van der Waals surface area contributed by atoms with E-state index >= 15 is 0 Å². The van der Waals surface area contributed by atoms with E-state index in [9.17, 15) is 9.59 Å². The highest BCUT2D eigenvalue weighted by Crippen LogP contribution is 2.35. The number of rotatable bonds is 5. The van der Waals surface area contributed by atoms with Crippen LogP contribution < -0.4 is 20.1 Å². The largest absolute Gasteiger partial charge is 0.495 e. The molecule has 2 amide bonds. The van der Waals surface area contributed by atoms with Gasteiger partial charge in [0, 0.05) is 24.6 Å². The minimum Gasteiger partial charge on any atom is -0.495 e. The Morgan fingerprint density at radius 2 is 1.80 bits per heavy atom. The number of halogens is 2.